The Morgan fingerprint density at radius 1 is 1.55 bits per heavy atom. The van der Waals surface area contributed by atoms with Crippen molar-refractivity contribution in [3.63, 3.8) is 0 Å². The molecular formula is C7H14INO2. The summed E-state index contributed by atoms with van der Waals surface area (Å²) in [6.07, 6.45) is -0.362. The van der Waals surface area contributed by atoms with Crippen LogP contribution in [0.2, 0.25) is 0 Å². The molecule has 0 aromatic rings. The summed E-state index contributed by atoms with van der Waals surface area (Å²) in [5, 5.41) is 2.63. The zero-order valence-corrected chi connectivity index (χ0v) is 9.43. The Balaban J connectivity index is 3.71. The topological polar surface area (TPSA) is 38.3 Å². The maximum absolute atomic E-state index is 10.9. The Labute approximate surface area is 81.0 Å². The number of hydrogen-bond acceptors (Lipinski definition) is 2. The van der Waals surface area contributed by atoms with Gasteiger partial charge in [0.1, 0.15) is 0 Å². The van der Waals surface area contributed by atoms with Crippen LogP contribution in [-0.4, -0.2) is 15.7 Å². The molecule has 0 aliphatic heterocycles. The molecule has 3 nitrogen and oxygen atoms in total. The van der Waals surface area contributed by atoms with Crippen molar-refractivity contribution in [2.75, 3.05) is 0 Å². The lowest BCUT2D eigenvalue weighted by molar-refractivity contribution is 0.105. The van der Waals surface area contributed by atoms with Gasteiger partial charge in [-0.15, -0.1) is 0 Å². The number of amides is 1. The van der Waals surface area contributed by atoms with Gasteiger partial charge >= 0.3 is 6.09 Å². The number of rotatable bonds is 2. The molecule has 0 aromatic heterocycles. The third kappa shape index (κ3) is 7.90. The molecule has 0 aromatic carbocycles. The molecule has 1 amide bonds. The van der Waals surface area contributed by atoms with Crippen molar-refractivity contribution in [3.8, 4) is 0 Å². The van der Waals surface area contributed by atoms with E-state index in [-0.39, 0.29) is 12.1 Å². The number of hydrogen-bond donors (Lipinski definition) is 1. The van der Waals surface area contributed by atoms with Crippen molar-refractivity contribution in [2.24, 2.45) is 0 Å². The molecule has 0 unspecified atom stereocenters. The Bertz CT molecular complexity index is 140. The third-order valence-electron chi connectivity index (χ3n) is 0.742. The molecule has 0 aliphatic carbocycles. The van der Waals surface area contributed by atoms with Crippen molar-refractivity contribution in [1.82, 2.24) is 5.32 Å². The lowest BCUT2D eigenvalue weighted by Crippen LogP contribution is -2.34. The molecular weight excluding hydrogens is 257 g/mol. The van der Waals surface area contributed by atoms with Crippen LogP contribution in [0, 0.1) is 0 Å². The van der Waals surface area contributed by atoms with Gasteiger partial charge < -0.3 is 10.1 Å². The Morgan fingerprint density at radius 2 is 2.00 bits per heavy atom. The molecule has 0 fully saturated rings. The highest BCUT2D eigenvalue weighted by Gasteiger charge is 2.17. The van der Waals surface area contributed by atoms with Crippen molar-refractivity contribution >= 4 is 28.7 Å². The lowest BCUT2D eigenvalue weighted by Gasteiger charge is -2.18. The van der Waals surface area contributed by atoms with Crippen molar-refractivity contribution in [3.05, 3.63) is 0 Å². The molecule has 0 heterocycles. The molecule has 0 radical (unpaired) electrons. The number of carbonyl (C=O) groups excluding carboxylic acids is 1. The molecule has 66 valence electrons. The van der Waals surface area contributed by atoms with E-state index in [0.29, 0.717) is 0 Å². The smallest absolute Gasteiger partial charge is 0.408 e. The molecule has 0 atom stereocenters. The van der Waals surface area contributed by atoms with Crippen molar-refractivity contribution in [1.29, 1.82) is 0 Å². The van der Waals surface area contributed by atoms with Crippen LogP contribution < -0.4 is 5.32 Å². The molecule has 0 bridgehead atoms. The number of halogens is 1. The summed E-state index contributed by atoms with van der Waals surface area (Å²) in [6.45, 7) is 7.43. The van der Waals surface area contributed by atoms with Crippen LogP contribution in [0.25, 0.3) is 0 Å². The highest BCUT2D eigenvalue weighted by molar-refractivity contribution is 14.1. The summed E-state index contributed by atoms with van der Waals surface area (Å²) in [7, 11) is 0. The van der Waals surface area contributed by atoms with Crippen LogP contribution in [0.1, 0.15) is 27.7 Å². The summed E-state index contributed by atoms with van der Waals surface area (Å²) in [6, 6.07) is 0.126. The number of nitrogens with one attached hydrogen (secondary N) is 1. The van der Waals surface area contributed by atoms with E-state index in [1.54, 1.807) is 0 Å². The van der Waals surface area contributed by atoms with Gasteiger partial charge in [-0.25, -0.2) is 4.79 Å². The molecule has 1 N–H and O–H groups in total. The molecule has 0 saturated carbocycles. The first-order valence-corrected chi connectivity index (χ1v) is 4.57. The molecule has 0 saturated heterocycles. The third-order valence-corrected chi connectivity index (χ3v) is 0.962. The number of alkyl carbamates (subject to hydrolysis) is 1. The van der Waals surface area contributed by atoms with Gasteiger partial charge in [0, 0.05) is 6.04 Å². The van der Waals surface area contributed by atoms with Crippen molar-refractivity contribution in [2.45, 2.75) is 37.3 Å². The fourth-order valence-corrected chi connectivity index (χ4v) is 0.686. The van der Waals surface area contributed by atoms with Gasteiger partial charge in [-0.3, -0.25) is 0 Å². The van der Waals surface area contributed by atoms with Gasteiger partial charge in [0.15, 0.2) is 3.61 Å². The first kappa shape index (κ1) is 11.0. The average Bonchev–Trinajstić information content (AvgIpc) is 1.53. The second-order valence-electron chi connectivity index (χ2n) is 3.05. The minimum absolute atomic E-state index is 0.126. The van der Waals surface area contributed by atoms with Gasteiger partial charge in [-0.2, -0.15) is 0 Å². The summed E-state index contributed by atoms with van der Waals surface area (Å²) >= 11 is 2.06. The highest BCUT2D eigenvalue weighted by atomic mass is 127. The van der Waals surface area contributed by atoms with E-state index in [1.807, 2.05) is 27.7 Å². The summed E-state index contributed by atoms with van der Waals surface area (Å²) in [5.74, 6) is 0. The van der Waals surface area contributed by atoms with E-state index in [9.17, 15) is 4.79 Å². The predicted molar refractivity (Wildman–Crippen MR) is 52.9 cm³/mol. The second-order valence-corrected chi connectivity index (χ2v) is 5.65. The van der Waals surface area contributed by atoms with E-state index in [0.717, 1.165) is 0 Å². The fraction of sp³-hybridized carbons (Fsp3) is 0.857. The molecule has 0 rings (SSSR count). The quantitative estimate of drug-likeness (QED) is 0.618. The zero-order chi connectivity index (χ0) is 9.07. The van der Waals surface area contributed by atoms with E-state index in [4.69, 9.17) is 4.74 Å². The molecule has 0 spiro atoms. The minimum atomic E-state index is -0.434. The number of carbonyl (C=O) groups is 1. The Kier molecular flexibility index (Phi) is 4.13. The lowest BCUT2D eigenvalue weighted by atomic mass is 10.4. The number of alkyl halides is 1. The van der Waals surface area contributed by atoms with E-state index < -0.39 is 3.61 Å². The van der Waals surface area contributed by atoms with Gasteiger partial charge in [-0.1, -0.05) is 0 Å². The fourth-order valence-electron chi connectivity index (χ4n) is 0.486. The van der Waals surface area contributed by atoms with Gasteiger partial charge in [0.05, 0.1) is 0 Å². The maximum Gasteiger partial charge on any atom is 0.408 e. The van der Waals surface area contributed by atoms with E-state index in [1.165, 1.54) is 0 Å². The number of ether oxygens (including phenoxy) is 1. The zero-order valence-electron chi connectivity index (χ0n) is 7.27. The Morgan fingerprint density at radius 3 is 2.27 bits per heavy atom. The largest absolute Gasteiger partial charge is 0.433 e. The monoisotopic (exact) mass is 271 g/mol. The highest BCUT2D eigenvalue weighted by Crippen LogP contribution is 2.17. The standard InChI is InChI=1S/C7H14INO2/c1-5(2)9-6(10)11-7(3,4)8/h5H,1-4H3,(H,9,10). The maximum atomic E-state index is 10.9. The van der Waals surface area contributed by atoms with Crippen LogP contribution in [0.15, 0.2) is 0 Å². The van der Waals surface area contributed by atoms with Gasteiger partial charge in [-0.05, 0) is 50.3 Å². The average molecular weight is 271 g/mol. The second kappa shape index (κ2) is 4.13. The predicted octanol–water partition coefficient (Wildman–Crippen LogP) is 2.29. The van der Waals surface area contributed by atoms with Gasteiger partial charge in [0.25, 0.3) is 0 Å². The normalized spacial score (nSPS) is 11.5. The Hall–Kier alpha value is 0. The van der Waals surface area contributed by atoms with E-state index in [2.05, 4.69) is 27.9 Å². The van der Waals surface area contributed by atoms with E-state index >= 15 is 0 Å². The van der Waals surface area contributed by atoms with Crippen LogP contribution in [-0.2, 0) is 4.74 Å². The first-order valence-electron chi connectivity index (χ1n) is 3.49. The summed E-state index contributed by atoms with van der Waals surface area (Å²) in [5.41, 5.74) is 0. The van der Waals surface area contributed by atoms with Crippen LogP contribution >= 0.6 is 22.6 Å². The molecule has 11 heavy (non-hydrogen) atoms. The molecule has 0 aliphatic rings. The molecule has 4 heteroatoms. The first-order chi connectivity index (χ1) is 4.81. The summed E-state index contributed by atoms with van der Waals surface area (Å²) < 4.78 is 4.55. The van der Waals surface area contributed by atoms with Gasteiger partial charge in [0.2, 0.25) is 0 Å². The SMILES string of the molecule is CC(C)NC(=O)OC(C)(C)I. The minimum Gasteiger partial charge on any atom is -0.433 e. The summed E-state index contributed by atoms with van der Waals surface area (Å²) in [4.78, 5) is 10.9. The van der Waals surface area contributed by atoms with Crippen LogP contribution in [0.5, 0.6) is 0 Å². The van der Waals surface area contributed by atoms with Crippen LogP contribution in [0.4, 0.5) is 4.79 Å². The van der Waals surface area contributed by atoms with Crippen LogP contribution in [0.3, 0.4) is 0 Å². The van der Waals surface area contributed by atoms with Crippen molar-refractivity contribution < 1.29 is 9.53 Å².